The molecule has 19 heavy (non-hydrogen) atoms. The van der Waals surface area contributed by atoms with Gasteiger partial charge < -0.3 is 5.32 Å². The molecule has 4 fully saturated rings. The van der Waals surface area contributed by atoms with Gasteiger partial charge in [0.05, 0.1) is 12.5 Å². The molecule has 0 aromatic carbocycles. The molecule has 0 radical (unpaired) electrons. The lowest BCUT2D eigenvalue weighted by Crippen LogP contribution is -2.54. The summed E-state index contributed by atoms with van der Waals surface area (Å²) < 4.78 is 0. The topological polar surface area (TPSA) is 61.6 Å². The van der Waals surface area contributed by atoms with Gasteiger partial charge in [0.1, 0.15) is 5.01 Å². The predicted octanol–water partition coefficient (Wildman–Crippen LogP) is 2.98. The highest BCUT2D eigenvalue weighted by atomic mass is 32.1. The molecular weight excluding hydrogens is 256 g/mol. The normalized spacial score (nSPS) is 39.2. The van der Waals surface area contributed by atoms with Crippen LogP contribution >= 0.6 is 11.3 Å². The average molecular weight is 274 g/mol. The van der Waals surface area contributed by atoms with Crippen LogP contribution in [0.25, 0.3) is 0 Å². The summed E-state index contributed by atoms with van der Waals surface area (Å²) in [7, 11) is 0. The van der Waals surface area contributed by atoms with Crippen LogP contribution in [0.15, 0.2) is 0 Å². The van der Waals surface area contributed by atoms with Crippen LogP contribution in [0.5, 0.6) is 0 Å². The minimum Gasteiger partial charge on any atom is -0.355 e. The standard InChI is InChI=1S/C14H18N4S/c15-2-1-12-17-18-13(19-12)16-14-6-9-3-10(7-14)5-11(4-9)8-14/h9-11H,1,3-8H2,(H,16,18). The van der Waals surface area contributed by atoms with E-state index in [1.807, 2.05) is 0 Å². The van der Waals surface area contributed by atoms with Gasteiger partial charge >= 0.3 is 0 Å². The summed E-state index contributed by atoms with van der Waals surface area (Å²) in [6.45, 7) is 0. The maximum atomic E-state index is 8.70. The summed E-state index contributed by atoms with van der Waals surface area (Å²) in [4.78, 5) is 0. The largest absolute Gasteiger partial charge is 0.355 e. The Hall–Kier alpha value is -1.15. The Morgan fingerprint density at radius 2 is 1.79 bits per heavy atom. The van der Waals surface area contributed by atoms with Crippen LogP contribution in [0.4, 0.5) is 5.13 Å². The lowest BCUT2D eigenvalue weighted by Gasteiger charge is -2.56. The molecule has 100 valence electrons. The van der Waals surface area contributed by atoms with E-state index in [1.54, 1.807) is 11.3 Å². The van der Waals surface area contributed by atoms with Crippen LogP contribution < -0.4 is 5.32 Å². The molecule has 5 rings (SSSR count). The van der Waals surface area contributed by atoms with Gasteiger partial charge in [0.2, 0.25) is 5.13 Å². The molecule has 0 unspecified atom stereocenters. The number of hydrogen-bond acceptors (Lipinski definition) is 5. The highest BCUT2D eigenvalue weighted by Gasteiger charge is 2.51. The minimum atomic E-state index is 0.290. The molecule has 1 heterocycles. The minimum absolute atomic E-state index is 0.290. The number of rotatable bonds is 3. The van der Waals surface area contributed by atoms with Crippen molar-refractivity contribution in [1.82, 2.24) is 10.2 Å². The first-order valence-corrected chi connectivity index (χ1v) is 8.04. The second kappa shape index (κ2) is 4.17. The highest BCUT2D eigenvalue weighted by Crippen LogP contribution is 2.56. The van der Waals surface area contributed by atoms with Crippen LogP contribution in [-0.4, -0.2) is 15.7 Å². The van der Waals surface area contributed by atoms with Gasteiger partial charge in [-0.3, -0.25) is 0 Å². The first-order valence-electron chi connectivity index (χ1n) is 7.22. The van der Waals surface area contributed by atoms with Gasteiger partial charge in [0.25, 0.3) is 0 Å². The Balaban J connectivity index is 1.54. The summed E-state index contributed by atoms with van der Waals surface area (Å²) in [5.74, 6) is 2.81. The lowest BCUT2D eigenvalue weighted by atomic mass is 9.53. The third-order valence-corrected chi connectivity index (χ3v) is 5.95. The summed E-state index contributed by atoms with van der Waals surface area (Å²) >= 11 is 1.55. The van der Waals surface area contributed by atoms with Crippen LogP contribution in [-0.2, 0) is 6.42 Å². The van der Waals surface area contributed by atoms with Crippen molar-refractivity contribution in [3.05, 3.63) is 5.01 Å². The molecule has 0 amide bonds. The van der Waals surface area contributed by atoms with E-state index in [0.29, 0.717) is 6.42 Å². The molecule has 1 aromatic rings. The fourth-order valence-corrected chi connectivity index (χ4v) is 5.72. The average Bonchev–Trinajstić information content (AvgIpc) is 2.74. The SMILES string of the molecule is N#CCc1nnc(NC23CC4CC(CC(C4)C2)C3)s1. The first kappa shape index (κ1) is 11.7. The van der Waals surface area contributed by atoms with E-state index in [-0.39, 0.29) is 5.54 Å². The molecule has 4 bridgehead atoms. The fourth-order valence-electron chi connectivity index (χ4n) is 4.93. The molecule has 1 N–H and O–H groups in total. The van der Waals surface area contributed by atoms with E-state index >= 15 is 0 Å². The van der Waals surface area contributed by atoms with Crippen molar-refractivity contribution in [3.8, 4) is 6.07 Å². The van der Waals surface area contributed by atoms with E-state index in [0.717, 1.165) is 27.9 Å². The Morgan fingerprint density at radius 1 is 1.16 bits per heavy atom. The van der Waals surface area contributed by atoms with E-state index in [9.17, 15) is 0 Å². The lowest BCUT2D eigenvalue weighted by molar-refractivity contribution is 0.0107. The van der Waals surface area contributed by atoms with Gasteiger partial charge in [-0.05, 0) is 56.3 Å². The second-order valence-electron chi connectivity index (χ2n) is 6.66. The van der Waals surface area contributed by atoms with Crippen molar-refractivity contribution in [2.45, 2.75) is 50.5 Å². The highest BCUT2D eigenvalue weighted by molar-refractivity contribution is 7.15. The molecule has 0 aliphatic heterocycles. The van der Waals surface area contributed by atoms with Crippen molar-refractivity contribution >= 4 is 16.5 Å². The molecule has 1 aromatic heterocycles. The predicted molar refractivity (Wildman–Crippen MR) is 73.8 cm³/mol. The van der Waals surface area contributed by atoms with E-state index in [2.05, 4.69) is 21.6 Å². The van der Waals surface area contributed by atoms with Crippen LogP contribution in [0, 0.1) is 29.1 Å². The monoisotopic (exact) mass is 274 g/mol. The summed E-state index contributed by atoms with van der Waals surface area (Å²) in [5, 5.41) is 22.5. The zero-order valence-corrected chi connectivity index (χ0v) is 11.7. The molecular formula is C14H18N4S. The van der Waals surface area contributed by atoms with Gasteiger partial charge in [0, 0.05) is 5.54 Å². The number of aromatic nitrogens is 2. The van der Waals surface area contributed by atoms with Gasteiger partial charge in [-0.25, -0.2) is 0 Å². The number of hydrogen-bond donors (Lipinski definition) is 1. The van der Waals surface area contributed by atoms with Crippen LogP contribution in [0.1, 0.15) is 43.5 Å². The number of nitrogens with one attached hydrogen (secondary N) is 1. The summed E-state index contributed by atoms with van der Waals surface area (Å²) in [6, 6.07) is 2.14. The Bertz CT molecular complexity index is 495. The molecule has 4 nitrogen and oxygen atoms in total. The zero-order valence-electron chi connectivity index (χ0n) is 10.9. The van der Waals surface area contributed by atoms with Gasteiger partial charge in [0.15, 0.2) is 0 Å². The second-order valence-corrected chi connectivity index (χ2v) is 7.72. The quantitative estimate of drug-likeness (QED) is 0.920. The molecule has 0 atom stereocenters. The first-order chi connectivity index (χ1) is 9.25. The van der Waals surface area contributed by atoms with Crippen molar-refractivity contribution in [1.29, 1.82) is 5.26 Å². The smallest absolute Gasteiger partial charge is 0.206 e. The molecule has 4 saturated carbocycles. The van der Waals surface area contributed by atoms with Gasteiger partial charge in [-0.1, -0.05) is 11.3 Å². The Morgan fingerprint density at radius 3 is 2.37 bits per heavy atom. The zero-order chi connectivity index (χ0) is 12.9. The molecule has 0 spiro atoms. The van der Waals surface area contributed by atoms with Gasteiger partial charge in [-0.15, -0.1) is 10.2 Å². The van der Waals surface area contributed by atoms with Crippen LogP contribution in [0.3, 0.4) is 0 Å². The molecule has 4 aliphatic carbocycles. The maximum absolute atomic E-state index is 8.70. The third-order valence-electron chi connectivity index (χ3n) is 5.11. The summed E-state index contributed by atoms with van der Waals surface area (Å²) in [5.41, 5.74) is 0.290. The third kappa shape index (κ3) is 2.02. The van der Waals surface area contributed by atoms with Crippen molar-refractivity contribution < 1.29 is 0 Å². The Labute approximate surface area is 117 Å². The van der Waals surface area contributed by atoms with Gasteiger partial charge in [-0.2, -0.15) is 5.26 Å². The molecule has 4 aliphatic rings. The Kier molecular flexibility index (Phi) is 2.56. The maximum Gasteiger partial charge on any atom is 0.206 e. The van der Waals surface area contributed by atoms with E-state index in [4.69, 9.17) is 5.26 Å². The molecule has 5 heteroatoms. The van der Waals surface area contributed by atoms with E-state index in [1.165, 1.54) is 38.5 Å². The van der Waals surface area contributed by atoms with Crippen molar-refractivity contribution in [2.24, 2.45) is 17.8 Å². The molecule has 0 saturated heterocycles. The van der Waals surface area contributed by atoms with Crippen LogP contribution in [0.2, 0.25) is 0 Å². The summed E-state index contributed by atoms with van der Waals surface area (Å²) in [6.07, 6.45) is 8.68. The fraction of sp³-hybridized carbons (Fsp3) is 0.786. The number of anilines is 1. The van der Waals surface area contributed by atoms with Crippen molar-refractivity contribution in [2.75, 3.05) is 5.32 Å². The van der Waals surface area contributed by atoms with E-state index < -0.39 is 0 Å². The number of nitrogens with zero attached hydrogens (tertiary/aromatic N) is 3. The van der Waals surface area contributed by atoms with Crippen molar-refractivity contribution in [3.63, 3.8) is 0 Å². The number of nitriles is 1.